The van der Waals surface area contributed by atoms with Crippen LogP contribution in [0.3, 0.4) is 0 Å². The molecule has 79 valence electrons. The Hall–Kier alpha value is -1.77. The zero-order valence-electron chi connectivity index (χ0n) is 8.93. The van der Waals surface area contributed by atoms with E-state index in [9.17, 15) is 4.79 Å². The third kappa shape index (κ3) is 3.46. The number of anilines is 1. The average Bonchev–Trinajstić information content (AvgIpc) is 2.29. The fourth-order valence-electron chi connectivity index (χ4n) is 1.01. The molecule has 0 aromatic heterocycles. The van der Waals surface area contributed by atoms with Crippen molar-refractivity contribution in [3.05, 3.63) is 42.5 Å². The van der Waals surface area contributed by atoms with Crippen molar-refractivity contribution < 1.29 is 9.53 Å². The first-order valence-electron chi connectivity index (χ1n) is 4.73. The van der Waals surface area contributed by atoms with E-state index in [2.05, 4.69) is 6.07 Å². The molecular weight excluding hydrogens is 190 g/mol. The predicted octanol–water partition coefficient (Wildman–Crippen LogP) is 2.64. The molecule has 1 aromatic rings. The van der Waals surface area contributed by atoms with Gasteiger partial charge in [-0.3, -0.25) is 4.90 Å². The van der Waals surface area contributed by atoms with E-state index in [-0.39, 0.29) is 6.09 Å². The summed E-state index contributed by atoms with van der Waals surface area (Å²) in [5, 5.41) is 0. The number of benzene rings is 1. The maximum atomic E-state index is 11.5. The minimum Gasteiger partial charge on any atom is -0.445 e. The largest absolute Gasteiger partial charge is 0.445 e. The summed E-state index contributed by atoms with van der Waals surface area (Å²) >= 11 is 0. The number of allylic oxidation sites excluding steroid dienone is 1. The van der Waals surface area contributed by atoms with Gasteiger partial charge in [-0.05, 0) is 25.1 Å². The van der Waals surface area contributed by atoms with Gasteiger partial charge in [0, 0.05) is 12.7 Å². The van der Waals surface area contributed by atoms with E-state index >= 15 is 0 Å². The molecule has 0 aliphatic rings. The summed E-state index contributed by atoms with van der Waals surface area (Å²) in [6, 6.07) is 10.1. The highest BCUT2D eigenvalue weighted by atomic mass is 16.6. The maximum Gasteiger partial charge on any atom is 0.414 e. The number of hydrogen-bond donors (Lipinski definition) is 0. The van der Waals surface area contributed by atoms with E-state index in [0.29, 0.717) is 6.61 Å². The molecule has 3 heteroatoms. The Morgan fingerprint density at radius 1 is 1.67 bits per heavy atom. The van der Waals surface area contributed by atoms with Crippen LogP contribution >= 0.6 is 0 Å². The molecule has 0 unspecified atom stereocenters. The van der Waals surface area contributed by atoms with Gasteiger partial charge < -0.3 is 4.74 Å². The van der Waals surface area contributed by atoms with E-state index in [1.807, 2.05) is 25.1 Å². The molecule has 0 spiro atoms. The van der Waals surface area contributed by atoms with Crippen molar-refractivity contribution in [1.82, 2.24) is 0 Å². The first kappa shape index (κ1) is 11.3. The summed E-state index contributed by atoms with van der Waals surface area (Å²) in [5.74, 6) is 0. The Morgan fingerprint density at radius 2 is 2.47 bits per heavy atom. The molecule has 15 heavy (non-hydrogen) atoms. The van der Waals surface area contributed by atoms with Crippen LogP contribution in [-0.4, -0.2) is 19.7 Å². The zero-order chi connectivity index (χ0) is 11.1. The van der Waals surface area contributed by atoms with Gasteiger partial charge in [0.2, 0.25) is 0 Å². The predicted molar refractivity (Wildman–Crippen MR) is 59.8 cm³/mol. The minimum atomic E-state index is -0.368. The van der Waals surface area contributed by atoms with Crippen molar-refractivity contribution in [2.75, 3.05) is 18.6 Å². The number of nitrogens with zero attached hydrogens (tertiary/aromatic N) is 1. The molecule has 0 N–H and O–H groups in total. The highest BCUT2D eigenvalue weighted by Crippen LogP contribution is 2.11. The smallest absolute Gasteiger partial charge is 0.414 e. The summed E-state index contributed by atoms with van der Waals surface area (Å²) < 4.78 is 4.98. The van der Waals surface area contributed by atoms with Crippen LogP contribution in [0, 0.1) is 6.07 Å². The van der Waals surface area contributed by atoms with Crippen LogP contribution in [0.25, 0.3) is 0 Å². The van der Waals surface area contributed by atoms with Crippen molar-refractivity contribution >= 4 is 11.8 Å². The first-order chi connectivity index (χ1) is 7.25. The Balaban J connectivity index is 2.53. The van der Waals surface area contributed by atoms with Crippen molar-refractivity contribution in [2.45, 2.75) is 6.92 Å². The van der Waals surface area contributed by atoms with Crippen LogP contribution in [0.1, 0.15) is 6.92 Å². The minimum absolute atomic E-state index is 0.302. The molecule has 0 atom stereocenters. The maximum absolute atomic E-state index is 11.5. The molecular formula is C12H14NO2. The van der Waals surface area contributed by atoms with E-state index in [1.165, 1.54) is 4.90 Å². The van der Waals surface area contributed by atoms with Crippen molar-refractivity contribution in [3.63, 3.8) is 0 Å². The topological polar surface area (TPSA) is 29.5 Å². The van der Waals surface area contributed by atoms with Crippen LogP contribution < -0.4 is 4.90 Å². The Labute approximate surface area is 90.0 Å². The summed E-state index contributed by atoms with van der Waals surface area (Å²) in [6.45, 7) is 2.18. The second-order valence-corrected chi connectivity index (χ2v) is 2.97. The van der Waals surface area contributed by atoms with Gasteiger partial charge in [-0.25, -0.2) is 4.79 Å². The molecule has 0 saturated heterocycles. The van der Waals surface area contributed by atoms with Crippen LogP contribution in [0.5, 0.6) is 0 Å². The highest BCUT2D eigenvalue weighted by molar-refractivity contribution is 5.86. The standard InChI is InChI=1S/C12H14NO2/c1-3-4-10-15-12(14)13(2)11-8-6-5-7-9-11/h3-6,8-9H,10H2,1-2H3. The summed E-state index contributed by atoms with van der Waals surface area (Å²) in [5.41, 5.74) is 0.767. The number of carbonyl (C=O) groups is 1. The summed E-state index contributed by atoms with van der Waals surface area (Å²) in [6.07, 6.45) is 3.25. The Kier molecular flexibility index (Phi) is 4.41. The van der Waals surface area contributed by atoms with Crippen LogP contribution in [-0.2, 0) is 4.74 Å². The second-order valence-electron chi connectivity index (χ2n) is 2.97. The van der Waals surface area contributed by atoms with Crippen LogP contribution in [0.4, 0.5) is 10.5 Å². The van der Waals surface area contributed by atoms with Crippen molar-refractivity contribution in [3.8, 4) is 0 Å². The average molecular weight is 204 g/mol. The van der Waals surface area contributed by atoms with Gasteiger partial charge in [0.1, 0.15) is 6.61 Å². The SMILES string of the molecule is CC=CCOC(=O)N(C)c1c[c]ccc1. The summed E-state index contributed by atoms with van der Waals surface area (Å²) in [4.78, 5) is 12.9. The quantitative estimate of drug-likeness (QED) is 0.708. The molecule has 1 amide bonds. The van der Waals surface area contributed by atoms with Gasteiger partial charge in [0.15, 0.2) is 0 Å². The van der Waals surface area contributed by atoms with Crippen molar-refractivity contribution in [2.24, 2.45) is 0 Å². The van der Waals surface area contributed by atoms with Crippen LogP contribution in [0.15, 0.2) is 36.4 Å². The first-order valence-corrected chi connectivity index (χ1v) is 4.73. The lowest BCUT2D eigenvalue weighted by Gasteiger charge is -2.15. The monoisotopic (exact) mass is 204 g/mol. The molecule has 0 fully saturated rings. The van der Waals surface area contributed by atoms with Gasteiger partial charge in [0.05, 0.1) is 0 Å². The zero-order valence-corrected chi connectivity index (χ0v) is 8.93. The van der Waals surface area contributed by atoms with Crippen molar-refractivity contribution in [1.29, 1.82) is 0 Å². The Bertz CT molecular complexity index is 333. The van der Waals surface area contributed by atoms with E-state index in [1.54, 1.807) is 25.3 Å². The number of ether oxygens (including phenoxy) is 1. The molecule has 0 heterocycles. The molecule has 0 aliphatic heterocycles. The third-order valence-electron chi connectivity index (χ3n) is 1.89. The van der Waals surface area contributed by atoms with Gasteiger partial charge in [-0.1, -0.05) is 24.3 Å². The fraction of sp³-hybridized carbons (Fsp3) is 0.250. The Morgan fingerprint density at radius 3 is 3.07 bits per heavy atom. The lowest BCUT2D eigenvalue weighted by molar-refractivity contribution is 0.167. The molecule has 0 aliphatic carbocycles. The van der Waals surface area contributed by atoms with Gasteiger partial charge in [0.25, 0.3) is 0 Å². The molecule has 1 rings (SSSR count). The summed E-state index contributed by atoms with van der Waals surface area (Å²) in [7, 11) is 1.67. The number of hydrogen-bond acceptors (Lipinski definition) is 2. The molecule has 1 radical (unpaired) electrons. The molecule has 0 bridgehead atoms. The van der Waals surface area contributed by atoms with Crippen LogP contribution in [0.2, 0.25) is 0 Å². The van der Waals surface area contributed by atoms with Gasteiger partial charge >= 0.3 is 6.09 Å². The second kappa shape index (κ2) is 5.86. The van der Waals surface area contributed by atoms with E-state index in [0.717, 1.165) is 5.69 Å². The number of amides is 1. The number of carbonyl (C=O) groups excluding carboxylic acids is 1. The lowest BCUT2D eigenvalue weighted by atomic mass is 10.3. The normalized spacial score (nSPS) is 10.3. The van der Waals surface area contributed by atoms with E-state index in [4.69, 9.17) is 4.74 Å². The molecule has 1 aromatic carbocycles. The van der Waals surface area contributed by atoms with E-state index < -0.39 is 0 Å². The molecule has 0 saturated carbocycles. The highest BCUT2D eigenvalue weighted by Gasteiger charge is 2.10. The molecule has 3 nitrogen and oxygen atoms in total. The lowest BCUT2D eigenvalue weighted by Crippen LogP contribution is -2.26. The van der Waals surface area contributed by atoms with Gasteiger partial charge in [-0.15, -0.1) is 0 Å². The third-order valence-corrected chi connectivity index (χ3v) is 1.89. The van der Waals surface area contributed by atoms with Gasteiger partial charge in [-0.2, -0.15) is 0 Å². The fourth-order valence-corrected chi connectivity index (χ4v) is 1.01. The number of rotatable bonds is 3.